The predicted octanol–water partition coefficient (Wildman–Crippen LogP) is 1.17. The third-order valence-electron chi connectivity index (χ3n) is 3.67. The zero-order valence-electron chi connectivity index (χ0n) is 11.9. The van der Waals surface area contributed by atoms with Gasteiger partial charge in [-0.3, -0.25) is 0 Å². The number of hydrogen-bond acceptors (Lipinski definition) is 3. The van der Waals surface area contributed by atoms with Crippen LogP contribution in [0.4, 0.5) is 0 Å². The molecule has 0 saturated carbocycles. The van der Waals surface area contributed by atoms with Crippen molar-refractivity contribution in [3.05, 3.63) is 34.6 Å². The van der Waals surface area contributed by atoms with E-state index in [1.54, 1.807) is 0 Å². The molecule has 0 amide bonds. The fourth-order valence-electron chi connectivity index (χ4n) is 2.86. The van der Waals surface area contributed by atoms with Gasteiger partial charge in [-0.25, -0.2) is 0 Å². The van der Waals surface area contributed by atoms with Gasteiger partial charge < -0.3 is 0 Å². The number of rotatable bonds is 3. The molecule has 0 N–H and O–H groups in total. The quantitative estimate of drug-likeness (QED) is 0.788. The van der Waals surface area contributed by atoms with Crippen molar-refractivity contribution in [3.8, 4) is 0 Å². The number of nitrogens with zero attached hydrogens (tertiary/aromatic N) is 2. The first-order valence-electron chi connectivity index (χ1n) is 7.10. The summed E-state index contributed by atoms with van der Waals surface area (Å²) in [5.74, 6) is 0. The predicted molar refractivity (Wildman–Crippen MR) is 81.6 cm³/mol. The summed E-state index contributed by atoms with van der Waals surface area (Å²) in [7, 11) is 0. The van der Waals surface area contributed by atoms with E-state index in [0.29, 0.717) is 0 Å². The number of ether oxygens (including phenoxy) is 1. The van der Waals surface area contributed by atoms with Crippen LogP contribution in [-0.4, -0.2) is 55.0 Å². The molecule has 2 aromatic rings. The van der Waals surface area contributed by atoms with Crippen LogP contribution >= 0.6 is 0 Å². The molecule has 4 nitrogen and oxygen atoms in total. The summed E-state index contributed by atoms with van der Waals surface area (Å²) in [5.41, 5.74) is 0.204. The molecule has 1 aliphatic heterocycles. The van der Waals surface area contributed by atoms with Crippen LogP contribution in [-0.2, 0) is 11.3 Å². The summed E-state index contributed by atoms with van der Waals surface area (Å²) in [5, 5.41) is 0.899. The molecule has 1 fully saturated rings. The fraction of sp³-hybridized carbons (Fsp3) is 0.533. The maximum atomic E-state index is 12.3. The van der Waals surface area contributed by atoms with E-state index in [2.05, 4.69) is 24.8 Å². The number of aromatic nitrogens is 1. The van der Waals surface area contributed by atoms with Crippen LogP contribution in [0.25, 0.3) is 9.65 Å². The zero-order valence-corrected chi connectivity index (χ0v) is 13.6. The molecule has 108 valence electrons. The van der Waals surface area contributed by atoms with Crippen LogP contribution in [0, 0.1) is 0 Å². The van der Waals surface area contributed by atoms with Gasteiger partial charge in [0.05, 0.1) is 0 Å². The summed E-state index contributed by atoms with van der Waals surface area (Å²) < 4.78 is 8.97. The minimum absolute atomic E-state index is 0.150. The molecule has 3 rings (SSSR count). The van der Waals surface area contributed by atoms with Crippen molar-refractivity contribution in [2.45, 2.75) is 32.6 Å². The van der Waals surface area contributed by atoms with Crippen molar-refractivity contribution < 1.29 is 4.74 Å². The Morgan fingerprint density at radius 1 is 1.20 bits per heavy atom. The minimum atomic E-state index is 0.150. The number of fused-ring (bicyclic) bond motifs is 1. The first-order valence-corrected chi connectivity index (χ1v) is 8.72. The number of hydrogen-bond donors (Lipinski definition) is 0. The Kier molecular flexibility index (Phi) is 4.13. The van der Waals surface area contributed by atoms with Gasteiger partial charge in [0.2, 0.25) is 0 Å². The Bertz CT molecular complexity index is 639. The Hall–Kier alpha value is -0.871. The average molecular weight is 339 g/mol. The molecule has 5 heteroatoms. The van der Waals surface area contributed by atoms with Gasteiger partial charge in [0, 0.05) is 0 Å². The third-order valence-corrected chi connectivity index (χ3v) is 6.02. The van der Waals surface area contributed by atoms with Crippen molar-refractivity contribution in [2.75, 3.05) is 19.6 Å². The Labute approximate surface area is 124 Å². The molecule has 2 atom stereocenters. The third kappa shape index (κ3) is 2.91. The molecule has 0 spiro atoms. The van der Waals surface area contributed by atoms with E-state index in [9.17, 15) is 4.79 Å². The summed E-state index contributed by atoms with van der Waals surface area (Å²) in [6, 6.07) is 7.98. The van der Waals surface area contributed by atoms with Crippen LogP contribution in [0.5, 0.6) is 0 Å². The Morgan fingerprint density at radius 3 is 2.60 bits per heavy atom. The van der Waals surface area contributed by atoms with E-state index in [1.165, 1.54) is 4.26 Å². The number of benzene rings is 1. The topological polar surface area (TPSA) is 34.5 Å². The van der Waals surface area contributed by atoms with Gasteiger partial charge >= 0.3 is 124 Å². The fourth-order valence-corrected chi connectivity index (χ4v) is 4.93. The van der Waals surface area contributed by atoms with Crippen LogP contribution in [0.2, 0.25) is 0 Å². The standard InChI is InChI=1S/C15H20N2O2Se/c1-11-9-16(10-12(2)19-11)7-8-17-15(18)13-5-3-4-6-14(13)20-17/h3-6,11-12H,7-10H2,1-2H3. The molecule has 1 saturated heterocycles. The molecule has 0 bridgehead atoms. The van der Waals surface area contributed by atoms with Gasteiger partial charge in [-0.15, -0.1) is 0 Å². The van der Waals surface area contributed by atoms with Crippen LogP contribution in [0.3, 0.4) is 0 Å². The van der Waals surface area contributed by atoms with Crippen molar-refractivity contribution >= 4 is 24.4 Å². The first kappa shape index (κ1) is 14.1. The SMILES string of the molecule is CC1CN(CCn2[se]c3ccccc3c2=O)CC(C)O1. The molecule has 0 radical (unpaired) electrons. The van der Waals surface area contributed by atoms with E-state index in [-0.39, 0.29) is 32.5 Å². The van der Waals surface area contributed by atoms with Crippen molar-refractivity contribution in [1.29, 1.82) is 0 Å². The molecule has 1 aromatic heterocycles. The Balaban J connectivity index is 1.71. The van der Waals surface area contributed by atoms with Gasteiger partial charge in [-0.2, -0.15) is 0 Å². The molecular weight excluding hydrogens is 319 g/mol. The molecule has 1 aromatic carbocycles. The monoisotopic (exact) mass is 340 g/mol. The van der Waals surface area contributed by atoms with Gasteiger partial charge in [0.25, 0.3) is 0 Å². The van der Waals surface area contributed by atoms with Gasteiger partial charge in [0.1, 0.15) is 0 Å². The molecule has 20 heavy (non-hydrogen) atoms. The first-order chi connectivity index (χ1) is 9.63. The summed E-state index contributed by atoms with van der Waals surface area (Å²) >= 11 is 0.150. The molecule has 2 unspecified atom stereocenters. The second-order valence-corrected chi connectivity index (χ2v) is 7.74. The van der Waals surface area contributed by atoms with E-state index < -0.39 is 0 Å². The van der Waals surface area contributed by atoms with Crippen molar-refractivity contribution in [2.24, 2.45) is 0 Å². The van der Waals surface area contributed by atoms with E-state index in [4.69, 9.17) is 4.74 Å². The second kappa shape index (κ2) is 5.86. The van der Waals surface area contributed by atoms with E-state index in [0.717, 1.165) is 31.6 Å². The maximum absolute atomic E-state index is 12.3. The molecule has 0 aliphatic carbocycles. The van der Waals surface area contributed by atoms with Crippen molar-refractivity contribution in [1.82, 2.24) is 8.46 Å². The zero-order chi connectivity index (χ0) is 14.1. The Morgan fingerprint density at radius 2 is 1.90 bits per heavy atom. The van der Waals surface area contributed by atoms with Crippen LogP contribution in [0.1, 0.15) is 13.8 Å². The van der Waals surface area contributed by atoms with E-state index >= 15 is 0 Å². The summed E-state index contributed by atoms with van der Waals surface area (Å²) in [6.07, 6.45) is 0.575. The summed E-state index contributed by atoms with van der Waals surface area (Å²) in [6.45, 7) is 7.93. The normalized spacial score (nSPS) is 24.3. The molecule has 2 heterocycles. The second-order valence-electron chi connectivity index (χ2n) is 5.51. The molecule has 1 aliphatic rings. The van der Waals surface area contributed by atoms with Gasteiger partial charge in [-0.05, 0) is 0 Å². The van der Waals surface area contributed by atoms with Gasteiger partial charge in [0.15, 0.2) is 0 Å². The number of morpholine rings is 1. The van der Waals surface area contributed by atoms with Crippen molar-refractivity contribution in [3.63, 3.8) is 0 Å². The van der Waals surface area contributed by atoms with Gasteiger partial charge in [-0.1, -0.05) is 0 Å². The summed E-state index contributed by atoms with van der Waals surface area (Å²) in [4.78, 5) is 14.7. The van der Waals surface area contributed by atoms with E-state index in [1.807, 2.05) is 21.8 Å². The average Bonchev–Trinajstić information content (AvgIpc) is 2.73. The molecular formula is C15H20N2O2Se. The van der Waals surface area contributed by atoms with Crippen LogP contribution in [0.15, 0.2) is 29.1 Å². The van der Waals surface area contributed by atoms with Crippen LogP contribution < -0.4 is 5.56 Å².